The van der Waals surface area contributed by atoms with Crippen molar-refractivity contribution in [3.63, 3.8) is 0 Å². The monoisotopic (exact) mass is 399 g/mol. The molecule has 0 radical (unpaired) electrons. The molecule has 1 amide bonds. The number of carbonyl (C=O) groups is 1. The molecule has 3 aromatic rings. The van der Waals surface area contributed by atoms with Crippen LogP contribution in [0.25, 0.3) is 11.0 Å². The van der Waals surface area contributed by atoms with Crippen molar-refractivity contribution in [2.75, 3.05) is 17.8 Å². The predicted molar refractivity (Wildman–Crippen MR) is 106 cm³/mol. The quantitative estimate of drug-likeness (QED) is 0.725. The van der Waals surface area contributed by atoms with E-state index in [9.17, 15) is 13.2 Å². The number of sulfonamides is 1. The van der Waals surface area contributed by atoms with Crippen LogP contribution in [-0.2, 0) is 10.0 Å². The highest BCUT2D eigenvalue weighted by atomic mass is 32.2. The van der Waals surface area contributed by atoms with E-state index in [2.05, 4.69) is 9.88 Å². The van der Waals surface area contributed by atoms with Crippen LogP contribution in [0, 0.1) is 13.8 Å². The van der Waals surface area contributed by atoms with Gasteiger partial charge in [0.15, 0.2) is 11.3 Å². The van der Waals surface area contributed by atoms with Gasteiger partial charge in [-0.15, -0.1) is 0 Å². The number of rotatable bonds is 4. The van der Waals surface area contributed by atoms with Crippen LogP contribution in [0.4, 0.5) is 5.69 Å². The summed E-state index contributed by atoms with van der Waals surface area (Å²) in [6, 6.07) is 9.87. The third-order valence-electron chi connectivity index (χ3n) is 5.20. The maximum Gasteiger partial charge on any atom is 0.276 e. The first-order valence-electron chi connectivity index (χ1n) is 9.14. The highest BCUT2D eigenvalue weighted by molar-refractivity contribution is 7.92. The first-order valence-corrected chi connectivity index (χ1v) is 10.6. The molecule has 1 N–H and O–H groups in total. The minimum Gasteiger partial charge on any atom is -0.355 e. The summed E-state index contributed by atoms with van der Waals surface area (Å²) in [5, 5.41) is 4.29. The summed E-state index contributed by atoms with van der Waals surface area (Å²) in [6.45, 7) is 5.15. The summed E-state index contributed by atoms with van der Waals surface area (Å²) in [5.41, 5.74) is 2.92. The molecule has 0 aliphatic carbocycles. The molecule has 2 aromatic carbocycles. The Kier molecular flexibility index (Phi) is 4.58. The van der Waals surface area contributed by atoms with E-state index in [1.165, 1.54) is 18.2 Å². The van der Waals surface area contributed by atoms with Crippen LogP contribution < -0.4 is 4.72 Å². The van der Waals surface area contributed by atoms with Crippen molar-refractivity contribution in [3.05, 3.63) is 53.2 Å². The van der Waals surface area contributed by atoms with E-state index in [-0.39, 0.29) is 16.5 Å². The number of amides is 1. The summed E-state index contributed by atoms with van der Waals surface area (Å²) >= 11 is 0. The van der Waals surface area contributed by atoms with Gasteiger partial charge in [-0.3, -0.25) is 9.52 Å². The molecule has 0 saturated carbocycles. The van der Waals surface area contributed by atoms with Crippen molar-refractivity contribution in [2.24, 2.45) is 0 Å². The third-order valence-corrected chi connectivity index (χ3v) is 6.56. The Hall–Kier alpha value is -2.87. The van der Waals surface area contributed by atoms with Gasteiger partial charge >= 0.3 is 0 Å². The average molecular weight is 399 g/mol. The Morgan fingerprint density at radius 3 is 2.64 bits per heavy atom. The number of anilines is 1. The number of hydrogen-bond donors (Lipinski definition) is 1. The van der Waals surface area contributed by atoms with Gasteiger partial charge in [0, 0.05) is 13.1 Å². The molecule has 8 heteroatoms. The lowest BCUT2D eigenvalue weighted by Crippen LogP contribution is -2.28. The lowest BCUT2D eigenvalue weighted by Gasteiger charge is -2.13. The van der Waals surface area contributed by atoms with E-state index in [4.69, 9.17) is 4.52 Å². The number of carbonyl (C=O) groups excluding carboxylic acids is 1. The van der Waals surface area contributed by atoms with E-state index in [0.717, 1.165) is 24.0 Å². The zero-order chi connectivity index (χ0) is 19.9. The molecule has 0 unspecified atom stereocenters. The molecule has 0 spiro atoms. The van der Waals surface area contributed by atoms with E-state index in [1.54, 1.807) is 17.0 Å². The van der Waals surface area contributed by atoms with Crippen LogP contribution in [0.2, 0.25) is 0 Å². The summed E-state index contributed by atoms with van der Waals surface area (Å²) in [6.07, 6.45) is 1.92. The topological polar surface area (TPSA) is 92.5 Å². The molecule has 2 heterocycles. The lowest BCUT2D eigenvalue weighted by atomic mass is 10.1. The van der Waals surface area contributed by atoms with Crippen LogP contribution in [-0.4, -0.2) is 37.5 Å². The van der Waals surface area contributed by atoms with E-state index in [0.29, 0.717) is 29.7 Å². The van der Waals surface area contributed by atoms with E-state index < -0.39 is 10.0 Å². The Labute approximate surface area is 163 Å². The fraction of sp³-hybridized carbons (Fsp3) is 0.300. The normalized spacial score (nSPS) is 14.6. The second-order valence-electron chi connectivity index (χ2n) is 7.04. The number of aryl methyl sites for hydroxylation is 1. The smallest absolute Gasteiger partial charge is 0.276 e. The average Bonchev–Trinajstić information content (AvgIpc) is 3.34. The SMILES string of the molecule is Cc1cccc(NS(=O)(=O)c2ccc3onc(C(=O)N4CCCC4)c3c2)c1C. The molecule has 1 aliphatic heterocycles. The number of likely N-dealkylation sites (tertiary alicyclic amines) is 1. The molecular weight excluding hydrogens is 378 g/mol. The summed E-state index contributed by atoms with van der Waals surface area (Å²) in [5.74, 6) is -0.228. The largest absolute Gasteiger partial charge is 0.355 e. The minimum absolute atomic E-state index is 0.0552. The Bertz CT molecular complexity index is 1160. The van der Waals surface area contributed by atoms with Crippen LogP contribution in [0.5, 0.6) is 0 Å². The zero-order valence-electron chi connectivity index (χ0n) is 15.7. The van der Waals surface area contributed by atoms with Crippen LogP contribution in [0.3, 0.4) is 0 Å². The van der Waals surface area contributed by atoms with E-state index in [1.807, 2.05) is 19.9 Å². The van der Waals surface area contributed by atoms with Gasteiger partial charge in [0.2, 0.25) is 0 Å². The summed E-state index contributed by atoms with van der Waals surface area (Å²) in [7, 11) is -3.83. The second-order valence-corrected chi connectivity index (χ2v) is 8.72. The number of fused-ring (bicyclic) bond motifs is 1. The minimum atomic E-state index is -3.83. The molecular formula is C20H21N3O4S. The molecule has 1 aromatic heterocycles. The molecule has 146 valence electrons. The van der Waals surface area contributed by atoms with Gasteiger partial charge in [-0.1, -0.05) is 17.3 Å². The van der Waals surface area contributed by atoms with Gasteiger partial charge in [-0.05, 0) is 62.1 Å². The number of aromatic nitrogens is 1. The van der Waals surface area contributed by atoms with Crippen LogP contribution in [0.1, 0.15) is 34.5 Å². The van der Waals surface area contributed by atoms with Crippen molar-refractivity contribution < 1.29 is 17.7 Å². The zero-order valence-corrected chi connectivity index (χ0v) is 16.5. The van der Waals surface area contributed by atoms with E-state index >= 15 is 0 Å². The number of nitrogens with one attached hydrogen (secondary N) is 1. The van der Waals surface area contributed by atoms with Gasteiger partial charge in [0.05, 0.1) is 16.0 Å². The van der Waals surface area contributed by atoms with Crippen molar-refractivity contribution in [1.29, 1.82) is 0 Å². The Morgan fingerprint density at radius 1 is 1.14 bits per heavy atom. The fourth-order valence-electron chi connectivity index (χ4n) is 3.37. The highest BCUT2D eigenvalue weighted by Crippen LogP contribution is 2.27. The molecule has 1 aliphatic rings. The Morgan fingerprint density at radius 2 is 1.89 bits per heavy atom. The third kappa shape index (κ3) is 3.24. The highest BCUT2D eigenvalue weighted by Gasteiger charge is 2.26. The maximum atomic E-state index is 12.9. The maximum absolute atomic E-state index is 12.9. The van der Waals surface area contributed by atoms with Gasteiger partial charge in [0.1, 0.15) is 0 Å². The summed E-state index contributed by atoms with van der Waals surface area (Å²) in [4.78, 5) is 14.5. The molecule has 28 heavy (non-hydrogen) atoms. The molecule has 0 atom stereocenters. The predicted octanol–water partition coefficient (Wildman–Crippen LogP) is 3.48. The summed E-state index contributed by atoms with van der Waals surface area (Å²) < 4.78 is 33.7. The van der Waals surface area contributed by atoms with Gasteiger partial charge in [-0.2, -0.15) is 0 Å². The molecule has 7 nitrogen and oxygen atoms in total. The molecule has 1 saturated heterocycles. The standard InChI is InChI=1S/C20H21N3O4S/c1-13-6-5-7-17(14(13)2)22-28(25,26)15-8-9-18-16(12-15)19(21-27-18)20(24)23-10-3-4-11-23/h5-9,12,22H,3-4,10-11H2,1-2H3. The van der Waals surface area contributed by atoms with Crippen molar-refractivity contribution >= 4 is 32.6 Å². The first-order chi connectivity index (χ1) is 13.4. The van der Waals surface area contributed by atoms with Gasteiger partial charge in [-0.25, -0.2) is 8.42 Å². The molecule has 0 bridgehead atoms. The number of benzene rings is 2. The van der Waals surface area contributed by atoms with Crippen LogP contribution in [0.15, 0.2) is 45.8 Å². The van der Waals surface area contributed by atoms with Crippen molar-refractivity contribution in [2.45, 2.75) is 31.6 Å². The first kappa shape index (κ1) is 18.5. The lowest BCUT2D eigenvalue weighted by molar-refractivity contribution is 0.0784. The van der Waals surface area contributed by atoms with Gasteiger partial charge in [0.25, 0.3) is 15.9 Å². The van der Waals surface area contributed by atoms with Crippen molar-refractivity contribution in [3.8, 4) is 0 Å². The second kappa shape index (κ2) is 6.94. The fourth-order valence-corrected chi connectivity index (χ4v) is 4.52. The molecule has 1 fully saturated rings. The molecule has 4 rings (SSSR count). The number of nitrogens with zero attached hydrogens (tertiary/aromatic N) is 2. The van der Waals surface area contributed by atoms with Crippen LogP contribution >= 0.6 is 0 Å². The number of hydrogen-bond acceptors (Lipinski definition) is 5. The van der Waals surface area contributed by atoms with Gasteiger partial charge < -0.3 is 9.42 Å². The van der Waals surface area contributed by atoms with Crippen molar-refractivity contribution in [1.82, 2.24) is 10.1 Å². The Balaban J connectivity index is 1.71.